The second-order valence-corrected chi connectivity index (χ2v) is 28.2. The minimum atomic E-state index is -1.15. The van der Waals surface area contributed by atoms with Gasteiger partial charge in [0, 0.05) is 171 Å². The normalized spacial score (nSPS) is 15.0. The third-order valence-electron chi connectivity index (χ3n) is 16.5. The van der Waals surface area contributed by atoms with E-state index in [9.17, 15) is 28.8 Å². The number of aromatic carboxylic acids is 1. The molecule has 0 atom stereocenters. The molecule has 594 valence electrons. The Morgan fingerprint density at radius 1 is 0.482 bits per heavy atom. The predicted octanol–water partition coefficient (Wildman–Crippen LogP) is -5.74. The number of piperazine rings is 3. The number of nitrogens with zero attached hydrogens (tertiary/aromatic N) is 20. The molecule has 12 rings (SSSR count). The van der Waals surface area contributed by atoms with Crippen LogP contribution in [0.3, 0.4) is 0 Å². The Hall–Kier alpha value is -7.39. The van der Waals surface area contributed by atoms with Crippen LogP contribution in [-0.4, -0.2) is 256 Å². The molecule has 3 amide bonds. The van der Waals surface area contributed by atoms with Crippen LogP contribution in [0, 0.1) is 0 Å². The number of carboxylic acids is 1. The third-order valence-corrected chi connectivity index (χ3v) is 16.7. The number of aromatic nitrogens is 12. The topological polar surface area (TPSA) is 519 Å². The molecule has 0 unspecified atom stereocenters. The van der Waals surface area contributed by atoms with Crippen LogP contribution in [0.5, 0.6) is 0 Å². The van der Waals surface area contributed by atoms with Crippen LogP contribution in [0.2, 0.25) is 5.28 Å². The average Bonchev–Trinajstić information content (AvgIpc) is 0.804. The van der Waals surface area contributed by atoms with Crippen molar-refractivity contribution in [3.63, 3.8) is 0 Å². The first-order valence-electron chi connectivity index (χ1n) is 35.0. The van der Waals surface area contributed by atoms with Crippen LogP contribution in [0.25, 0.3) is 0 Å². The summed E-state index contributed by atoms with van der Waals surface area (Å²) in [5.41, 5.74) is 21.6. The summed E-state index contributed by atoms with van der Waals surface area (Å²) in [5.74, 6) is 0.874. The first kappa shape index (κ1) is 97.0. The number of halogens is 1. The molecule has 0 radical (unpaired) electrons. The number of nitrogens with one attached hydrogen (secondary N) is 1. The Labute approximate surface area is 752 Å². The van der Waals surface area contributed by atoms with E-state index >= 15 is 0 Å². The molecule has 0 aromatic carbocycles. The summed E-state index contributed by atoms with van der Waals surface area (Å²) < 4.78 is 26.1. The molecule has 0 aliphatic carbocycles. The number of nitrogens with two attached hydrogens (primary N) is 3. The number of nitrogen functional groups attached to an aromatic ring is 3. The second-order valence-electron chi connectivity index (χ2n) is 27.9. The standard InChI is InChI=1S/C23H32N8O4.C21H28N8O4.C16H25N5O2.C7H8ClN3O2.CH2O3.2K.Li.H2O.H/c1-5-34-19(32)16-13-26-21(28-18(16)24)30-10-8-29(9-11-30)20-25-12-15-14-31(7-6-17(15)27-20)22(33)35-23(2,3)4;1-21(2,3)33-20(32)29-5-4-15-13(12-29)10-23-18(25-15)27-6-8-28(9-7-27)19-24-11-14(17(30)31)16(22)26-19;1-16(2,3)23-15(22)21-7-4-13-12(11-21)10-18-14(19-13)20-8-5-17-6-9-20;1-2-13-6(12)4-3-10-7(8)11-5(4)9;2-1-4-3;;;;;/h12-13H,5-11,14H2,1-4H3,(H2,24,26,28);10-11H,4-9,12H2,1-3H3,(H,30,31)(H2,22,24,26);10,17H,4-9,11H2,1-3H3;3H,2H2,1H3,(H2,9,10,11);1,3H;;;;1H2;/q;;;;;3*+1;;-1/p-2. The molecule has 0 spiro atoms. The predicted molar refractivity (Wildman–Crippen MR) is 394 cm³/mol. The number of ether oxygens (including phenoxy) is 5. The van der Waals surface area contributed by atoms with E-state index in [1.54, 1.807) is 40.9 Å². The van der Waals surface area contributed by atoms with Gasteiger partial charge in [0.15, 0.2) is 0 Å². The number of carbonyl (C=O) groups is 7. The molecule has 6 aliphatic heterocycles. The summed E-state index contributed by atoms with van der Waals surface area (Å²) in [7, 11) is 0. The molecule has 0 bridgehead atoms. The molecule has 3 saturated heterocycles. The maximum absolute atomic E-state index is 12.4. The fraction of sp³-hybridized carbons (Fsp3) is 0.544. The third kappa shape index (κ3) is 28.9. The van der Waals surface area contributed by atoms with E-state index in [0.29, 0.717) is 128 Å². The first-order valence-corrected chi connectivity index (χ1v) is 35.4. The molecule has 12 heterocycles. The first-order chi connectivity index (χ1) is 51.2. The molecule has 6 aliphatic rings. The molecule has 44 heteroatoms. The molecule has 6 aromatic rings. The Morgan fingerprint density at radius 2 is 0.759 bits per heavy atom. The summed E-state index contributed by atoms with van der Waals surface area (Å²) >= 11 is 5.44. The van der Waals surface area contributed by atoms with Crippen molar-refractivity contribution in [1.29, 1.82) is 0 Å². The van der Waals surface area contributed by atoms with Crippen molar-refractivity contribution in [3.8, 4) is 0 Å². The molecule has 9 N–H and O–H groups in total. The van der Waals surface area contributed by atoms with Crippen LogP contribution < -0.4 is 174 Å². The van der Waals surface area contributed by atoms with Gasteiger partial charge in [-0.25, -0.2) is 78.6 Å². The Kier molecular flexibility index (Phi) is 39.0. The van der Waals surface area contributed by atoms with Gasteiger partial charge in [-0.15, -0.1) is 0 Å². The molecule has 6 aromatic heterocycles. The van der Waals surface area contributed by atoms with Gasteiger partial charge in [-0.05, 0) is 87.8 Å². The maximum Gasteiger partial charge on any atom is 1.00 e. The number of amides is 3. The maximum atomic E-state index is 12.4. The van der Waals surface area contributed by atoms with Gasteiger partial charge in [0.1, 0.15) is 50.9 Å². The Morgan fingerprint density at radius 3 is 1.04 bits per heavy atom. The van der Waals surface area contributed by atoms with Crippen LogP contribution >= 0.6 is 11.6 Å². The molecule has 40 nitrogen and oxygen atoms in total. The fourth-order valence-corrected chi connectivity index (χ4v) is 11.4. The van der Waals surface area contributed by atoms with Gasteiger partial charge >= 0.3 is 158 Å². The number of rotatable bonds is 11. The van der Waals surface area contributed by atoms with Crippen LogP contribution in [0.1, 0.15) is 142 Å². The molecule has 112 heavy (non-hydrogen) atoms. The smallest absolute Gasteiger partial charge is 1.00 e. The minimum Gasteiger partial charge on any atom is -1.00 e. The van der Waals surface area contributed by atoms with E-state index < -0.39 is 34.7 Å². The van der Waals surface area contributed by atoms with Crippen molar-refractivity contribution < 1.29 is 201 Å². The second kappa shape index (κ2) is 45.1. The molecular formula is C68H96ClK2LiN24O16. The molecule has 0 saturated carbocycles. The Bertz CT molecular complexity index is 4160. The van der Waals surface area contributed by atoms with Gasteiger partial charge in [-0.3, -0.25) is 4.79 Å². The van der Waals surface area contributed by atoms with Gasteiger partial charge in [-0.1, -0.05) is 0 Å². The van der Waals surface area contributed by atoms with Crippen molar-refractivity contribution in [2.45, 2.75) is 132 Å². The number of hydrogen-bond acceptors (Lipinski definition) is 36. The van der Waals surface area contributed by atoms with E-state index in [4.69, 9.17) is 82.6 Å². The van der Waals surface area contributed by atoms with Gasteiger partial charge in [0.2, 0.25) is 35.0 Å². The van der Waals surface area contributed by atoms with Crippen LogP contribution in [0.4, 0.5) is 61.6 Å². The van der Waals surface area contributed by atoms with E-state index in [1.807, 2.05) is 78.3 Å². The SMILES string of the molecule is CC(C)(C)OC(=O)N1CCc2nc(N3CCN(c4ncc(C(=O)O)c(N)n4)CC3)ncc2C1.CC(C)(C)OC(=O)N1CCc2nc(N3CCNCC3)ncc2C1.CCOC(=O)c1cnc(Cl)nc1N.CCOC(=O)c1cnc(N2CCN(c3ncc4c(n3)CCN(C(=O)OC(C)(C)C)C4)CC2)nc1N.O=CO[O-].[H-].[K+].[K+].[Li+].[OH-]. The summed E-state index contributed by atoms with van der Waals surface area (Å²) in [6.07, 6.45) is 10.5. The number of esters is 2. The van der Waals surface area contributed by atoms with Crippen molar-refractivity contribution in [2.24, 2.45) is 0 Å². The minimum absolute atomic E-state index is 0. The van der Waals surface area contributed by atoms with Crippen LogP contribution in [0.15, 0.2) is 37.2 Å². The molecule has 3 fully saturated rings. The van der Waals surface area contributed by atoms with Gasteiger partial charge in [-0.2, -0.15) is 9.97 Å². The quantitative estimate of drug-likeness (QED) is 0.0153. The number of carboxylic acid groups (broad SMARTS) is 1. The van der Waals surface area contributed by atoms with Crippen molar-refractivity contribution in [2.75, 3.05) is 153 Å². The largest absolute Gasteiger partial charge is 1.00 e. The van der Waals surface area contributed by atoms with E-state index in [2.05, 4.69) is 69.8 Å². The van der Waals surface area contributed by atoms with Crippen molar-refractivity contribution in [1.82, 2.24) is 79.8 Å². The van der Waals surface area contributed by atoms with Crippen molar-refractivity contribution in [3.05, 3.63) is 92.9 Å². The van der Waals surface area contributed by atoms with Gasteiger partial charge in [0.25, 0.3) is 6.47 Å². The number of anilines is 8. The number of fused-ring (bicyclic) bond motifs is 3. The zero-order valence-electron chi connectivity index (χ0n) is 67.0. The van der Waals surface area contributed by atoms with E-state index in [0.717, 1.165) is 72.3 Å². The average molecular weight is 1630 g/mol. The van der Waals surface area contributed by atoms with Crippen LogP contribution in [-0.2, 0) is 72.3 Å². The summed E-state index contributed by atoms with van der Waals surface area (Å²) in [6.45, 7) is 32.8. The van der Waals surface area contributed by atoms with E-state index in [1.165, 1.54) is 18.6 Å². The molecular weight excluding hydrogens is 1530 g/mol. The van der Waals surface area contributed by atoms with E-state index in [-0.39, 0.29) is 206 Å². The summed E-state index contributed by atoms with van der Waals surface area (Å²) in [4.78, 5) is 150. The number of hydrogen-bond donors (Lipinski definition) is 5. The zero-order valence-corrected chi connectivity index (χ0v) is 73.0. The van der Waals surface area contributed by atoms with Gasteiger partial charge < -0.3 is 108 Å². The number of carbonyl (C=O) groups excluding carboxylic acids is 6. The van der Waals surface area contributed by atoms with Gasteiger partial charge in [0.05, 0.1) is 49.9 Å². The fourth-order valence-electron chi connectivity index (χ4n) is 11.2. The van der Waals surface area contributed by atoms with Crippen molar-refractivity contribution >= 4 is 101 Å². The monoisotopic (exact) mass is 1620 g/mol. The summed E-state index contributed by atoms with van der Waals surface area (Å²) in [6, 6.07) is 0. The summed E-state index contributed by atoms with van der Waals surface area (Å²) in [5, 5.41) is 20.8. The zero-order chi connectivity index (χ0) is 78.6. The Balaban J connectivity index is 0.000000395.